The quantitative estimate of drug-likeness (QED) is 0.790. The first-order chi connectivity index (χ1) is 10.6. The van der Waals surface area contributed by atoms with E-state index < -0.39 is 0 Å². The van der Waals surface area contributed by atoms with Crippen LogP contribution in [0.3, 0.4) is 0 Å². The number of fused-ring (bicyclic) bond motifs is 1. The number of halogens is 1. The Morgan fingerprint density at radius 1 is 1.14 bits per heavy atom. The van der Waals surface area contributed by atoms with Crippen LogP contribution in [0.1, 0.15) is 46.9 Å². The van der Waals surface area contributed by atoms with Crippen molar-refractivity contribution >= 4 is 33.4 Å². The number of hydrogen-bond donors (Lipinski definition) is 1. The second-order valence-electron chi connectivity index (χ2n) is 5.20. The molecule has 4 nitrogen and oxygen atoms in total. The summed E-state index contributed by atoms with van der Waals surface area (Å²) in [6.45, 7) is 2.28. The molecular formula is C17H18BrNO3. The summed E-state index contributed by atoms with van der Waals surface area (Å²) < 4.78 is 0. The summed E-state index contributed by atoms with van der Waals surface area (Å²) in [6.07, 6.45) is 1.36. The fourth-order valence-electron chi connectivity index (χ4n) is 2.55. The summed E-state index contributed by atoms with van der Waals surface area (Å²) in [4.78, 5) is 36.4. The average Bonchev–Trinajstić information content (AvgIpc) is 2.54. The van der Waals surface area contributed by atoms with Crippen molar-refractivity contribution in [2.45, 2.75) is 26.2 Å². The van der Waals surface area contributed by atoms with Gasteiger partial charge in [0.2, 0.25) is 5.91 Å². The van der Waals surface area contributed by atoms with Gasteiger partial charge in [0, 0.05) is 40.6 Å². The maximum atomic E-state index is 12.5. The minimum atomic E-state index is -0.0893. The number of hydrogen-bond acceptors (Lipinski definition) is 3. The SMILES string of the molecule is CC1=C(CCCC(=O)NCCBr)C(=O)c2ccccc2C1=O. The van der Waals surface area contributed by atoms with Crippen molar-refractivity contribution in [2.75, 3.05) is 11.9 Å². The van der Waals surface area contributed by atoms with Crippen LogP contribution in [0.15, 0.2) is 35.4 Å². The third-order valence-corrected chi connectivity index (χ3v) is 4.13. The predicted octanol–water partition coefficient (Wildman–Crippen LogP) is 3.06. The van der Waals surface area contributed by atoms with E-state index >= 15 is 0 Å². The van der Waals surface area contributed by atoms with Gasteiger partial charge in [0.25, 0.3) is 0 Å². The lowest BCUT2D eigenvalue weighted by Gasteiger charge is -2.18. The largest absolute Gasteiger partial charge is 0.355 e. The number of benzene rings is 1. The monoisotopic (exact) mass is 363 g/mol. The van der Waals surface area contributed by atoms with Crippen LogP contribution in [0.5, 0.6) is 0 Å². The van der Waals surface area contributed by atoms with Crippen molar-refractivity contribution in [1.82, 2.24) is 5.32 Å². The number of carbonyl (C=O) groups excluding carboxylic acids is 3. The first-order valence-corrected chi connectivity index (χ1v) is 8.39. The first kappa shape index (κ1) is 16.6. The molecule has 0 aliphatic heterocycles. The molecule has 0 fully saturated rings. The highest BCUT2D eigenvalue weighted by Gasteiger charge is 2.28. The number of rotatable bonds is 6. The van der Waals surface area contributed by atoms with Crippen molar-refractivity contribution in [2.24, 2.45) is 0 Å². The van der Waals surface area contributed by atoms with Crippen molar-refractivity contribution in [3.05, 3.63) is 46.5 Å². The number of carbonyl (C=O) groups is 3. The summed E-state index contributed by atoms with van der Waals surface area (Å²) in [5.41, 5.74) is 1.99. The normalized spacial score (nSPS) is 14.1. The second kappa shape index (κ2) is 7.49. The molecular weight excluding hydrogens is 346 g/mol. The zero-order valence-corrected chi connectivity index (χ0v) is 14.0. The Balaban J connectivity index is 2.05. The van der Waals surface area contributed by atoms with Gasteiger partial charge in [0.1, 0.15) is 0 Å². The lowest BCUT2D eigenvalue weighted by Crippen LogP contribution is -2.25. The number of nitrogens with one attached hydrogen (secondary N) is 1. The third-order valence-electron chi connectivity index (χ3n) is 3.73. The lowest BCUT2D eigenvalue weighted by molar-refractivity contribution is -0.121. The van der Waals surface area contributed by atoms with Gasteiger partial charge < -0.3 is 5.32 Å². The van der Waals surface area contributed by atoms with Crippen LogP contribution in [-0.4, -0.2) is 29.3 Å². The predicted molar refractivity (Wildman–Crippen MR) is 88.5 cm³/mol. The van der Waals surface area contributed by atoms with Crippen molar-refractivity contribution in [3.8, 4) is 0 Å². The summed E-state index contributed by atoms with van der Waals surface area (Å²) in [5, 5.41) is 3.48. The smallest absolute Gasteiger partial charge is 0.220 e. The van der Waals surface area contributed by atoms with Gasteiger partial charge in [0.15, 0.2) is 11.6 Å². The maximum Gasteiger partial charge on any atom is 0.220 e. The van der Waals surface area contributed by atoms with Crippen molar-refractivity contribution in [3.63, 3.8) is 0 Å². The van der Waals surface area contributed by atoms with E-state index in [9.17, 15) is 14.4 Å². The molecule has 1 aliphatic carbocycles. The van der Waals surface area contributed by atoms with E-state index in [0.717, 1.165) is 0 Å². The Bertz CT molecular complexity index is 649. The molecule has 1 N–H and O–H groups in total. The number of amides is 1. The maximum absolute atomic E-state index is 12.5. The molecule has 0 radical (unpaired) electrons. The highest BCUT2D eigenvalue weighted by atomic mass is 79.9. The Morgan fingerprint density at radius 3 is 2.41 bits per heavy atom. The van der Waals surface area contributed by atoms with E-state index in [1.165, 1.54) is 0 Å². The minimum absolute atomic E-state index is 0.0345. The molecule has 0 spiro atoms. The number of alkyl halides is 1. The molecule has 0 saturated carbocycles. The highest BCUT2D eigenvalue weighted by Crippen LogP contribution is 2.28. The molecule has 0 bridgehead atoms. The fourth-order valence-corrected chi connectivity index (χ4v) is 2.75. The molecule has 0 unspecified atom stereocenters. The highest BCUT2D eigenvalue weighted by molar-refractivity contribution is 9.09. The van der Waals surface area contributed by atoms with Crippen molar-refractivity contribution < 1.29 is 14.4 Å². The lowest BCUT2D eigenvalue weighted by atomic mass is 9.83. The summed E-state index contributed by atoms with van der Waals surface area (Å²) >= 11 is 3.24. The van der Waals surface area contributed by atoms with Crippen LogP contribution < -0.4 is 5.32 Å². The molecule has 1 aromatic rings. The van der Waals surface area contributed by atoms with Crippen LogP contribution >= 0.6 is 15.9 Å². The molecule has 5 heteroatoms. The Hall–Kier alpha value is -1.75. The molecule has 0 atom stereocenters. The van der Waals surface area contributed by atoms with Gasteiger partial charge in [-0.2, -0.15) is 0 Å². The van der Waals surface area contributed by atoms with Gasteiger partial charge in [-0.25, -0.2) is 0 Å². The molecule has 116 valence electrons. The topological polar surface area (TPSA) is 63.2 Å². The molecule has 2 rings (SSSR count). The van der Waals surface area contributed by atoms with E-state index in [-0.39, 0.29) is 17.5 Å². The number of allylic oxidation sites excluding steroid dienone is 2. The van der Waals surface area contributed by atoms with Gasteiger partial charge in [0.05, 0.1) is 0 Å². The Labute approximate surface area is 138 Å². The molecule has 0 saturated heterocycles. The molecule has 22 heavy (non-hydrogen) atoms. The Morgan fingerprint density at radius 2 is 1.77 bits per heavy atom. The van der Waals surface area contributed by atoms with Gasteiger partial charge in [-0.3, -0.25) is 14.4 Å². The molecule has 0 aromatic heterocycles. The fraction of sp³-hybridized carbons (Fsp3) is 0.353. The van der Waals surface area contributed by atoms with Crippen LogP contribution in [0.25, 0.3) is 0 Å². The average molecular weight is 364 g/mol. The van der Waals surface area contributed by atoms with Gasteiger partial charge in [-0.15, -0.1) is 0 Å². The van der Waals surface area contributed by atoms with Crippen LogP contribution in [-0.2, 0) is 4.79 Å². The summed E-state index contributed by atoms with van der Waals surface area (Å²) in [6, 6.07) is 6.89. The van der Waals surface area contributed by atoms with E-state index in [1.807, 2.05) is 0 Å². The van der Waals surface area contributed by atoms with Gasteiger partial charge in [-0.05, 0) is 19.8 Å². The standard InChI is InChI=1S/C17H18BrNO3/c1-11-12(7-4-8-15(20)19-10-9-18)17(22)14-6-3-2-5-13(14)16(11)21/h2-3,5-6H,4,7-10H2,1H3,(H,19,20). The van der Waals surface area contributed by atoms with Crippen LogP contribution in [0.2, 0.25) is 0 Å². The zero-order chi connectivity index (χ0) is 16.1. The number of ketones is 2. The van der Waals surface area contributed by atoms with E-state index in [1.54, 1.807) is 31.2 Å². The molecule has 1 aromatic carbocycles. The third kappa shape index (κ3) is 3.53. The first-order valence-electron chi connectivity index (χ1n) is 7.27. The minimum Gasteiger partial charge on any atom is -0.355 e. The van der Waals surface area contributed by atoms with Crippen LogP contribution in [0, 0.1) is 0 Å². The summed E-state index contributed by atoms with van der Waals surface area (Å²) in [7, 11) is 0. The zero-order valence-electron chi connectivity index (χ0n) is 12.4. The molecule has 1 aliphatic rings. The van der Waals surface area contributed by atoms with E-state index in [4.69, 9.17) is 0 Å². The van der Waals surface area contributed by atoms with Gasteiger partial charge >= 0.3 is 0 Å². The second-order valence-corrected chi connectivity index (χ2v) is 5.99. The van der Waals surface area contributed by atoms with E-state index in [2.05, 4.69) is 21.2 Å². The van der Waals surface area contributed by atoms with Gasteiger partial charge in [-0.1, -0.05) is 40.2 Å². The van der Waals surface area contributed by atoms with Crippen molar-refractivity contribution in [1.29, 1.82) is 0 Å². The number of Topliss-reactive ketones (excluding diaryl/α,β-unsaturated/α-hetero) is 2. The molecule has 0 heterocycles. The van der Waals surface area contributed by atoms with E-state index in [0.29, 0.717) is 53.4 Å². The van der Waals surface area contributed by atoms with Crippen LogP contribution in [0.4, 0.5) is 0 Å². The Kier molecular flexibility index (Phi) is 5.66. The summed E-state index contributed by atoms with van der Waals surface area (Å²) in [5.74, 6) is -0.213. The molecule has 1 amide bonds.